The van der Waals surface area contributed by atoms with Gasteiger partial charge in [0.2, 0.25) is 0 Å². The summed E-state index contributed by atoms with van der Waals surface area (Å²) < 4.78 is 0. The summed E-state index contributed by atoms with van der Waals surface area (Å²) in [4.78, 5) is 0. The maximum absolute atomic E-state index is 8.69. The van der Waals surface area contributed by atoms with Gasteiger partial charge in [-0.05, 0) is 37.5 Å². The van der Waals surface area contributed by atoms with Crippen LogP contribution < -0.4 is 0 Å². The van der Waals surface area contributed by atoms with E-state index in [1.54, 1.807) is 0 Å². The Morgan fingerprint density at radius 2 is 2.40 bits per heavy atom. The Morgan fingerprint density at radius 3 is 3.20 bits per heavy atom. The van der Waals surface area contributed by atoms with Gasteiger partial charge in [-0.25, -0.2) is 0 Å². The molecule has 0 spiro atoms. The summed E-state index contributed by atoms with van der Waals surface area (Å²) in [6.45, 7) is 0. The van der Waals surface area contributed by atoms with E-state index in [1.165, 1.54) is 25.7 Å². The largest absolute Gasteiger partial charge is 0.193 e. The van der Waals surface area contributed by atoms with Gasteiger partial charge in [0, 0.05) is 5.57 Å². The van der Waals surface area contributed by atoms with Gasteiger partial charge in [0.25, 0.3) is 0 Å². The van der Waals surface area contributed by atoms with Crippen molar-refractivity contribution in [1.29, 1.82) is 5.26 Å². The first-order chi connectivity index (χ1) is 4.90. The average molecular weight is 133 g/mol. The molecule has 1 saturated carbocycles. The Bertz CT molecular complexity index is 209. The topological polar surface area (TPSA) is 23.8 Å². The predicted molar refractivity (Wildman–Crippen MR) is 39.1 cm³/mol. The molecule has 2 aliphatic rings. The lowest BCUT2D eigenvalue weighted by Crippen LogP contribution is -2.04. The van der Waals surface area contributed by atoms with Gasteiger partial charge in [0.1, 0.15) is 0 Å². The smallest absolute Gasteiger partial charge is 0.0946 e. The van der Waals surface area contributed by atoms with Crippen LogP contribution >= 0.6 is 0 Å². The molecule has 2 atom stereocenters. The molecule has 10 heavy (non-hydrogen) atoms. The second-order valence-corrected chi connectivity index (χ2v) is 3.38. The highest BCUT2D eigenvalue weighted by atomic mass is 14.4. The molecule has 1 heteroatoms. The quantitative estimate of drug-likeness (QED) is 0.497. The van der Waals surface area contributed by atoms with Crippen molar-refractivity contribution in [3.05, 3.63) is 11.6 Å². The van der Waals surface area contributed by atoms with Crippen molar-refractivity contribution in [2.45, 2.75) is 25.7 Å². The molecule has 0 aliphatic heterocycles. The summed E-state index contributed by atoms with van der Waals surface area (Å²) in [5.41, 5.74) is 1.06. The fourth-order valence-corrected chi connectivity index (χ4v) is 2.17. The van der Waals surface area contributed by atoms with E-state index in [0.717, 1.165) is 11.5 Å². The van der Waals surface area contributed by atoms with Gasteiger partial charge in [-0.2, -0.15) is 5.26 Å². The van der Waals surface area contributed by atoms with E-state index in [9.17, 15) is 0 Å². The first-order valence-electron chi connectivity index (χ1n) is 4.00. The molecule has 2 rings (SSSR count). The normalized spacial score (nSPS) is 36.9. The molecule has 2 aliphatic carbocycles. The fraction of sp³-hybridized carbons (Fsp3) is 0.667. The molecule has 0 saturated heterocycles. The summed E-state index contributed by atoms with van der Waals surface area (Å²) in [5.74, 6) is 1.56. The van der Waals surface area contributed by atoms with Crippen LogP contribution in [0.4, 0.5) is 0 Å². The predicted octanol–water partition coefficient (Wildman–Crippen LogP) is 2.26. The molecule has 0 N–H and O–H groups in total. The second-order valence-electron chi connectivity index (χ2n) is 3.38. The standard InChI is InChI=1S/C9H11N/c10-6-9-4-2-7-1-3-8(9)5-7/h4,7-8H,1-3,5H2/t7-,8+/m0/s1. The maximum atomic E-state index is 8.69. The van der Waals surface area contributed by atoms with E-state index in [4.69, 9.17) is 5.26 Å². The number of rotatable bonds is 0. The molecule has 0 unspecified atom stereocenters. The van der Waals surface area contributed by atoms with E-state index in [-0.39, 0.29) is 0 Å². The highest BCUT2D eigenvalue weighted by molar-refractivity contribution is 5.27. The third-order valence-corrected chi connectivity index (χ3v) is 2.78. The molecule has 0 aromatic carbocycles. The SMILES string of the molecule is N#CC1=CC[C@@H]2CC[C@@H]1C2. The minimum Gasteiger partial charge on any atom is -0.193 e. The summed E-state index contributed by atoms with van der Waals surface area (Å²) in [6, 6.07) is 2.29. The number of fused-ring (bicyclic) bond motifs is 2. The monoisotopic (exact) mass is 133 g/mol. The van der Waals surface area contributed by atoms with Crippen molar-refractivity contribution >= 4 is 0 Å². The molecule has 1 fully saturated rings. The lowest BCUT2D eigenvalue weighted by molar-refractivity contribution is 0.510. The average Bonchev–Trinajstić information content (AvgIpc) is 2.34. The van der Waals surface area contributed by atoms with Crippen LogP contribution in [0.25, 0.3) is 0 Å². The van der Waals surface area contributed by atoms with E-state index < -0.39 is 0 Å². The van der Waals surface area contributed by atoms with Crippen LogP contribution in [0, 0.1) is 23.2 Å². The third-order valence-electron chi connectivity index (χ3n) is 2.78. The van der Waals surface area contributed by atoms with Crippen molar-refractivity contribution in [3.8, 4) is 6.07 Å². The van der Waals surface area contributed by atoms with Crippen LogP contribution in [0.3, 0.4) is 0 Å². The maximum Gasteiger partial charge on any atom is 0.0946 e. The van der Waals surface area contributed by atoms with Crippen molar-refractivity contribution < 1.29 is 0 Å². The molecule has 52 valence electrons. The Kier molecular flexibility index (Phi) is 1.27. The Labute approximate surface area is 61.4 Å². The highest BCUT2D eigenvalue weighted by Crippen LogP contribution is 2.41. The molecular weight excluding hydrogens is 122 g/mol. The number of nitrogens with zero attached hydrogens (tertiary/aromatic N) is 1. The molecule has 0 aromatic rings. The van der Waals surface area contributed by atoms with Crippen LogP contribution in [0.1, 0.15) is 25.7 Å². The minimum absolute atomic E-state index is 0.642. The second kappa shape index (κ2) is 2.12. The van der Waals surface area contributed by atoms with Crippen LogP contribution in [-0.4, -0.2) is 0 Å². The zero-order valence-corrected chi connectivity index (χ0v) is 6.01. The Morgan fingerprint density at radius 1 is 1.50 bits per heavy atom. The molecule has 2 bridgehead atoms. The number of nitriles is 1. The summed E-state index contributed by atoms with van der Waals surface area (Å²) >= 11 is 0. The van der Waals surface area contributed by atoms with E-state index in [0.29, 0.717) is 5.92 Å². The van der Waals surface area contributed by atoms with Gasteiger partial charge < -0.3 is 0 Å². The van der Waals surface area contributed by atoms with Crippen molar-refractivity contribution in [2.75, 3.05) is 0 Å². The Balaban J connectivity index is 2.24. The molecular formula is C9H11N. The number of hydrogen-bond acceptors (Lipinski definition) is 1. The van der Waals surface area contributed by atoms with Crippen LogP contribution in [-0.2, 0) is 0 Å². The zero-order valence-electron chi connectivity index (χ0n) is 6.01. The Hall–Kier alpha value is -0.770. The van der Waals surface area contributed by atoms with Crippen LogP contribution in [0.2, 0.25) is 0 Å². The molecule has 1 nitrogen and oxygen atoms in total. The van der Waals surface area contributed by atoms with E-state index in [1.807, 2.05) is 0 Å². The van der Waals surface area contributed by atoms with E-state index in [2.05, 4.69) is 12.1 Å². The van der Waals surface area contributed by atoms with Gasteiger partial charge in [0.05, 0.1) is 6.07 Å². The van der Waals surface area contributed by atoms with Gasteiger partial charge in [-0.3, -0.25) is 0 Å². The zero-order chi connectivity index (χ0) is 6.97. The van der Waals surface area contributed by atoms with Crippen LogP contribution in [0.5, 0.6) is 0 Å². The van der Waals surface area contributed by atoms with Gasteiger partial charge >= 0.3 is 0 Å². The summed E-state index contributed by atoms with van der Waals surface area (Å²) in [6.07, 6.45) is 7.22. The minimum atomic E-state index is 0.642. The van der Waals surface area contributed by atoms with Crippen molar-refractivity contribution in [3.63, 3.8) is 0 Å². The first-order valence-corrected chi connectivity index (χ1v) is 4.00. The fourth-order valence-electron chi connectivity index (χ4n) is 2.17. The lowest BCUT2D eigenvalue weighted by atomic mass is 9.89. The number of allylic oxidation sites excluding steroid dienone is 2. The van der Waals surface area contributed by atoms with E-state index >= 15 is 0 Å². The summed E-state index contributed by atoms with van der Waals surface area (Å²) in [7, 11) is 0. The first kappa shape index (κ1) is 5.97. The third kappa shape index (κ3) is 0.759. The molecule has 0 amide bonds. The molecule has 0 radical (unpaired) electrons. The van der Waals surface area contributed by atoms with Gasteiger partial charge in [-0.15, -0.1) is 0 Å². The van der Waals surface area contributed by atoms with Crippen LogP contribution in [0.15, 0.2) is 11.6 Å². The van der Waals surface area contributed by atoms with Crippen molar-refractivity contribution in [1.82, 2.24) is 0 Å². The summed E-state index contributed by atoms with van der Waals surface area (Å²) in [5, 5.41) is 8.69. The lowest BCUT2D eigenvalue weighted by Gasteiger charge is -2.14. The van der Waals surface area contributed by atoms with Crippen molar-refractivity contribution in [2.24, 2.45) is 11.8 Å². The number of hydrogen-bond donors (Lipinski definition) is 0. The molecule has 0 aromatic heterocycles. The highest BCUT2D eigenvalue weighted by Gasteiger charge is 2.30. The van der Waals surface area contributed by atoms with Gasteiger partial charge in [-0.1, -0.05) is 6.08 Å². The van der Waals surface area contributed by atoms with Gasteiger partial charge in [0.15, 0.2) is 0 Å². The molecule has 0 heterocycles.